The molecule has 230 valence electrons. The van der Waals surface area contributed by atoms with Crippen molar-refractivity contribution in [2.45, 2.75) is 76.5 Å². The van der Waals surface area contributed by atoms with E-state index in [0.29, 0.717) is 36.5 Å². The van der Waals surface area contributed by atoms with Crippen LogP contribution >= 0.6 is 0 Å². The third-order valence-corrected chi connectivity index (χ3v) is 9.15. The molecule has 2 N–H and O–H groups in total. The van der Waals surface area contributed by atoms with Gasteiger partial charge in [0.2, 0.25) is 11.8 Å². The predicted molar refractivity (Wildman–Crippen MR) is 165 cm³/mol. The van der Waals surface area contributed by atoms with Crippen LogP contribution in [0, 0.1) is 5.92 Å². The summed E-state index contributed by atoms with van der Waals surface area (Å²) in [6.07, 6.45) is 9.80. The summed E-state index contributed by atoms with van der Waals surface area (Å²) in [6.45, 7) is 3.25. The first-order valence-corrected chi connectivity index (χ1v) is 15.5. The molecule has 0 radical (unpaired) electrons. The van der Waals surface area contributed by atoms with Gasteiger partial charge in [-0.25, -0.2) is 0 Å². The number of aliphatic hydroxyl groups is 2. The Morgan fingerprint density at radius 3 is 2.70 bits per heavy atom. The van der Waals surface area contributed by atoms with E-state index in [0.717, 1.165) is 49.8 Å². The van der Waals surface area contributed by atoms with Gasteiger partial charge in [0, 0.05) is 43.1 Å². The molecule has 2 aromatic rings. The van der Waals surface area contributed by atoms with Crippen molar-refractivity contribution in [3.8, 4) is 5.75 Å². The Kier molecular flexibility index (Phi) is 9.52. The summed E-state index contributed by atoms with van der Waals surface area (Å²) in [6, 6.07) is 12.8. The van der Waals surface area contributed by atoms with Crippen LogP contribution in [0.4, 0.5) is 11.4 Å². The second kappa shape index (κ2) is 13.3. The van der Waals surface area contributed by atoms with Gasteiger partial charge in [-0.2, -0.15) is 0 Å². The van der Waals surface area contributed by atoms with Crippen molar-refractivity contribution in [2.75, 3.05) is 36.6 Å². The summed E-state index contributed by atoms with van der Waals surface area (Å²) in [5, 5.41) is 21.6. The fourth-order valence-electron chi connectivity index (χ4n) is 6.63. The summed E-state index contributed by atoms with van der Waals surface area (Å²) in [7, 11) is 1.54. The number of nitrogens with zero attached hydrogens (tertiary/aromatic N) is 3. The number of methoxy groups -OCH3 is 1. The van der Waals surface area contributed by atoms with Crippen LogP contribution < -0.4 is 14.5 Å². The van der Waals surface area contributed by atoms with Gasteiger partial charge in [-0.05, 0) is 61.6 Å². The molecule has 0 aromatic heterocycles. The average Bonchev–Trinajstić information content (AvgIpc) is 3.57. The van der Waals surface area contributed by atoms with Crippen molar-refractivity contribution in [1.82, 2.24) is 4.90 Å². The number of fused-ring (bicyclic) bond motifs is 1. The molecule has 3 heterocycles. The van der Waals surface area contributed by atoms with Crippen molar-refractivity contribution in [3.05, 3.63) is 65.7 Å². The fraction of sp³-hybridized carbons (Fsp3) is 0.500. The van der Waals surface area contributed by atoms with Gasteiger partial charge in [0.15, 0.2) is 5.60 Å². The first-order valence-electron chi connectivity index (χ1n) is 15.5. The molecule has 2 aromatic carbocycles. The summed E-state index contributed by atoms with van der Waals surface area (Å²) >= 11 is 0. The first kappa shape index (κ1) is 30.8. The summed E-state index contributed by atoms with van der Waals surface area (Å²) in [4.78, 5) is 44.9. The van der Waals surface area contributed by atoms with E-state index in [-0.39, 0.29) is 37.4 Å². The Balaban J connectivity index is 1.38. The molecule has 3 amide bonds. The van der Waals surface area contributed by atoms with Gasteiger partial charge < -0.3 is 29.6 Å². The number of benzene rings is 2. The minimum atomic E-state index is -1.86. The number of rotatable bonds is 9. The van der Waals surface area contributed by atoms with Crippen molar-refractivity contribution in [3.63, 3.8) is 0 Å². The molecule has 0 spiro atoms. The van der Waals surface area contributed by atoms with Crippen LogP contribution in [-0.2, 0) is 26.5 Å². The van der Waals surface area contributed by atoms with Crippen LogP contribution in [-0.4, -0.2) is 65.7 Å². The zero-order valence-electron chi connectivity index (χ0n) is 25.2. The van der Waals surface area contributed by atoms with Gasteiger partial charge in [-0.15, -0.1) is 0 Å². The highest BCUT2D eigenvalue weighted by Crippen LogP contribution is 2.47. The fourth-order valence-corrected chi connectivity index (χ4v) is 6.63. The molecule has 0 aliphatic carbocycles. The monoisotopic (exact) mass is 589 g/mol. The highest BCUT2D eigenvalue weighted by atomic mass is 16.5. The number of anilines is 2. The Morgan fingerprint density at radius 2 is 1.91 bits per heavy atom. The minimum absolute atomic E-state index is 0.0498. The standard InChI is InChI=1S/C34H43N3O6/c1-24(10-7-15-32(40)36-19-9-13-27(36)23-38)34(42)29-21-28(43-2)16-17-30(29)37(33(34)41)22-25-11-8-12-26(20-25)35-18-6-4-3-5-14-31(35)39/h7-8,10-12,16-17,20-21,24,27,38,42H,3-6,9,13-15,18-19,22-23H2,1-2H3/b10-7+/t24-,27+,34+/m1/s1. The Bertz CT molecular complexity index is 1380. The van der Waals surface area contributed by atoms with E-state index < -0.39 is 17.4 Å². The Labute approximate surface area is 253 Å². The summed E-state index contributed by atoms with van der Waals surface area (Å²) < 4.78 is 5.44. The molecule has 3 atom stereocenters. The van der Waals surface area contributed by atoms with Gasteiger partial charge in [0.25, 0.3) is 5.91 Å². The average molecular weight is 590 g/mol. The zero-order valence-corrected chi connectivity index (χ0v) is 25.2. The van der Waals surface area contributed by atoms with Crippen LogP contribution in [0.1, 0.15) is 69.4 Å². The predicted octanol–water partition coefficient (Wildman–Crippen LogP) is 4.29. The molecule has 2 fully saturated rings. The zero-order chi connectivity index (χ0) is 30.6. The van der Waals surface area contributed by atoms with E-state index in [2.05, 4.69) is 0 Å². The number of hydrogen-bond donors (Lipinski definition) is 2. The molecule has 9 heteroatoms. The maximum atomic E-state index is 14.1. The van der Waals surface area contributed by atoms with Crippen LogP contribution in [0.15, 0.2) is 54.6 Å². The van der Waals surface area contributed by atoms with Crippen LogP contribution in [0.5, 0.6) is 5.75 Å². The molecule has 3 aliphatic heterocycles. The number of hydrogen-bond acceptors (Lipinski definition) is 6. The molecule has 0 unspecified atom stereocenters. The first-order chi connectivity index (χ1) is 20.8. The van der Waals surface area contributed by atoms with E-state index in [1.54, 1.807) is 54.2 Å². The third kappa shape index (κ3) is 6.19. The molecule has 3 aliphatic rings. The number of amides is 3. The SMILES string of the molecule is COc1ccc2c(c1)[C@@](O)([C@H](C)/C=C/CC(=O)N1CCC[C@H]1CO)C(=O)N2Cc1cccc(N2CCCCCCC2=O)c1. The topological polar surface area (TPSA) is 111 Å². The number of aliphatic hydroxyl groups excluding tert-OH is 1. The lowest BCUT2D eigenvalue weighted by molar-refractivity contribution is -0.139. The van der Waals surface area contributed by atoms with Crippen molar-refractivity contribution in [2.24, 2.45) is 5.92 Å². The smallest absolute Gasteiger partial charge is 0.264 e. The largest absolute Gasteiger partial charge is 0.497 e. The van der Waals surface area contributed by atoms with Crippen molar-refractivity contribution in [1.29, 1.82) is 0 Å². The second-order valence-corrected chi connectivity index (χ2v) is 11.9. The molecule has 43 heavy (non-hydrogen) atoms. The van der Waals surface area contributed by atoms with Gasteiger partial charge in [0.1, 0.15) is 5.75 Å². The Hall–Kier alpha value is -3.69. The van der Waals surface area contributed by atoms with Crippen molar-refractivity contribution < 1.29 is 29.3 Å². The molecule has 2 saturated heterocycles. The van der Waals surface area contributed by atoms with E-state index in [4.69, 9.17) is 4.74 Å². The molecule has 0 bridgehead atoms. The van der Waals surface area contributed by atoms with Gasteiger partial charge >= 0.3 is 0 Å². The number of ether oxygens (including phenoxy) is 1. The van der Waals surface area contributed by atoms with Gasteiger partial charge in [-0.1, -0.05) is 44.1 Å². The highest BCUT2D eigenvalue weighted by molar-refractivity contribution is 6.07. The van der Waals surface area contributed by atoms with Gasteiger partial charge in [0.05, 0.1) is 32.0 Å². The lowest BCUT2D eigenvalue weighted by Crippen LogP contribution is -2.44. The second-order valence-electron chi connectivity index (χ2n) is 11.9. The highest BCUT2D eigenvalue weighted by Gasteiger charge is 2.52. The quantitative estimate of drug-likeness (QED) is 0.423. The maximum absolute atomic E-state index is 14.1. The number of carbonyl (C=O) groups is 3. The minimum Gasteiger partial charge on any atom is -0.497 e. The van der Waals surface area contributed by atoms with E-state index in [1.807, 2.05) is 29.2 Å². The number of likely N-dealkylation sites (tertiary alicyclic amines) is 1. The van der Waals surface area contributed by atoms with E-state index in [9.17, 15) is 24.6 Å². The molecule has 9 nitrogen and oxygen atoms in total. The summed E-state index contributed by atoms with van der Waals surface area (Å²) in [5.74, 6) is -0.518. The Morgan fingerprint density at radius 1 is 1.09 bits per heavy atom. The van der Waals surface area contributed by atoms with Crippen LogP contribution in [0.3, 0.4) is 0 Å². The van der Waals surface area contributed by atoms with Crippen LogP contribution in [0.2, 0.25) is 0 Å². The lowest BCUT2D eigenvalue weighted by Gasteiger charge is -2.28. The lowest BCUT2D eigenvalue weighted by atomic mass is 9.83. The maximum Gasteiger partial charge on any atom is 0.264 e. The molecular weight excluding hydrogens is 546 g/mol. The van der Waals surface area contributed by atoms with Crippen molar-refractivity contribution >= 4 is 29.1 Å². The molecule has 5 rings (SSSR count). The van der Waals surface area contributed by atoms with E-state index >= 15 is 0 Å². The molecular formula is C34H43N3O6. The third-order valence-electron chi connectivity index (χ3n) is 9.15. The van der Waals surface area contributed by atoms with E-state index in [1.165, 1.54) is 0 Å². The number of carbonyl (C=O) groups excluding carboxylic acids is 3. The normalized spacial score (nSPS) is 23.4. The van der Waals surface area contributed by atoms with Gasteiger partial charge in [-0.3, -0.25) is 14.4 Å². The summed E-state index contributed by atoms with van der Waals surface area (Å²) in [5.41, 5.74) is 0.866. The van der Waals surface area contributed by atoms with Crippen LogP contribution in [0.25, 0.3) is 0 Å². The molecule has 0 saturated carbocycles.